The van der Waals surface area contributed by atoms with Crippen LogP contribution in [0.2, 0.25) is 0 Å². The van der Waals surface area contributed by atoms with Gasteiger partial charge in [-0.1, -0.05) is 11.6 Å². The van der Waals surface area contributed by atoms with Crippen molar-refractivity contribution in [3.63, 3.8) is 0 Å². The molecule has 3 heteroatoms. The van der Waals surface area contributed by atoms with Crippen LogP contribution in [-0.2, 0) is 11.2 Å². The van der Waals surface area contributed by atoms with E-state index in [0.29, 0.717) is 0 Å². The summed E-state index contributed by atoms with van der Waals surface area (Å²) in [5, 5.41) is 0. The van der Waals surface area contributed by atoms with Gasteiger partial charge in [0.25, 0.3) is 0 Å². The first-order valence-electron chi connectivity index (χ1n) is 8.07. The first kappa shape index (κ1) is 13.7. The van der Waals surface area contributed by atoms with Gasteiger partial charge < -0.3 is 10.5 Å². The zero-order valence-electron chi connectivity index (χ0n) is 12.5. The molecule has 0 radical (unpaired) electrons. The van der Waals surface area contributed by atoms with Crippen molar-refractivity contribution in [3.8, 4) is 0 Å². The molecule has 0 aromatic heterocycles. The minimum Gasteiger partial charge on any atom is -0.399 e. The minimum atomic E-state index is 0.155. The molecule has 2 heterocycles. The number of allylic oxidation sites excluding steroid dienone is 1. The van der Waals surface area contributed by atoms with E-state index >= 15 is 0 Å². The number of ether oxygens (including phenoxy) is 1. The van der Waals surface area contributed by atoms with Gasteiger partial charge in [0.05, 0.1) is 12.2 Å². The van der Waals surface area contributed by atoms with Crippen LogP contribution in [0.25, 0.3) is 5.57 Å². The molecule has 0 bridgehead atoms. The van der Waals surface area contributed by atoms with Gasteiger partial charge in [-0.2, -0.15) is 11.8 Å². The lowest BCUT2D eigenvalue weighted by Gasteiger charge is -2.41. The molecule has 1 aromatic rings. The van der Waals surface area contributed by atoms with Gasteiger partial charge in [0.1, 0.15) is 0 Å². The normalized spacial score (nSPS) is 27.8. The summed E-state index contributed by atoms with van der Waals surface area (Å²) >= 11 is 2.08. The van der Waals surface area contributed by atoms with Gasteiger partial charge in [0.2, 0.25) is 0 Å². The summed E-state index contributed by atoms with van der Waals surface area (Å²) < 4.78 is 6.24. The molecule has 1 aromatic carbocycles. The highest BCUT2D eigenvalue weighted by molar-refractivity contribution is 7.99. The highest BCUT2D eigenvalue weighted by Gasteiger charge is 2.38. The van der Waals surface area contributed by atoms with Crippen molar-refractivity contribution < 1.29 is 4.74 Å². The number of nitrogen functional groups attached to an aromatic ring is 1. The van der Waals surface area contributed by atoms with E-state index in [4.69, 9.17) is 10.5 Å². The van der Waals surface area contributed by atoms with E-state index in [1.807, 2.05) is 0 Å². The molecule has 2 fully saturated rings. The smallest absolute Gasteiger partial charge is 0.0735 e. The van der Waals surface area contributed by atoms with E-state index in [0.717, 1.165) is 31.6 Å². The quantitative estimate of drug-likeness (QED) is 0.734. The summed E-state index contributed by atoms with van der Waals surface area (Å²) in [5.41, 5.74) is 13.1. The second-order valence-electron chi connectivity index (χ2n) is 6.57. The Morgan fingerprint density at radius 3 is 2.81 bits per heavy atom. The number of nitrogens with two attached hydrogens (primary N) is 1. The second kappa shape index (κ2) is 5.36. The average molecular weight is 301 g/mol. The predicted molar refractivity (Wildman–Crippen MR) is 90.6 cm³/mol. The zero-order chi connectivity index (χ0) is 14.3. The van der Waals surface area contributed by atoms with E-state index < -0.39 is 0 Å². The monoisotopic (exact) mass is 301 g/mol. The van der Waals surface area contributed by atoms with Crippen molar-refractivity contribution >= 4 is 23.0 Å². The summed E-state index contributed by atoms with van der Waals surface area (Å²) in [4.78, 5) is 0. The van der Waals surface area contributed by atoms with Crippen molar-refractivity contribution in [1.29, 1.82) is 0 Å². The van der Waals surface area contributed by atoms with Crippen molar-refractivity contribution in [2.45, 2.75) is 44.1 Å². The van der Waals surface area contributed by atoms with Crippen LogP contribution in [0.5, 0.6) is 0 Å². The molecule has 4 rings (SSSR count). The molecule has 0 unspecified atom stereocenters. The van der Waals surface area contributed by atoms with Crippen LogP contribution in [0.1, 0.15) is 43.2 Å². The number of hydrogen-bond donors (Lipinski definition) is 1. The van der Waals surface area contributed by atoms with E-state index in [9.17, 15) is 0 Å². The van der Waals surface area contributed by atoms with E-state index in [-0.39, 0.29) is 5.60 Å². The average Bonchev–Trinajstić information content (AvgIpc) is 2.91. The molecule has 0 atom stereocenters. The molecular weight excluding hydrogens is 278 g/mol. The Bertz CT molecular complexity index is 581. The van der Waals surface area contributed by atoms with Crippen LogP contribution in [0.4, 0.5) is 5.69 Å². The Balaban J connectivity index is 1.67. The van der Waals surface area contributed by atoms with Gasteiger partial charge in [0, 0.05) is 5.69 Å². The molecule has 0 amide bonds. The van der Waals surface area contributed by atoms with Gasteiger partial charge >= 0.3 is 0 Å². The number of thioether (sulfide) groups is 1. The van der Waals surface area contributed by atoms with Gasteiger partial charge in [-0.25, -0.2) is 0 Å². The number of rotatable bonds is 0. The van der Waals surface area contributed by atoms with Gasteiger partial charge in [-0.3, -0.25) is 0 Å². The van der Waals surface area contributed by atoms with Crippen molar-refractivity contribution in [1.82, 2.24) is 0 Å². The number of hydrogen-bond acceptors (Lipinski definition) is 3. The van der Waals surface area contributed by atoms with Crippen LogP contribution < -0.4 is 5.73 Å². The molecule has 1 spiro atoms. The minimum absolute atomic E-state index is 0.155. The maximum Gasteiger partial charge on any atom is 0.0735 e. The van der Waals surface area contributed by atoms with Crippen LogP contribution in [0, 0.1) is 0 Å². The molecule has 2 nitrogen and oxygen atoms in total. The largest absolute Gasteiger partial charge is 0.399 e. The first-order chi connectivity index (χ1) is 10.3. The summed E-state index contributed by atoms with van der Waals surface area (Å²) in [6.45, 7) is 0.911. The Kier molecular flexibility index (Phi) is 3.50. The molecular formula is C18H23NOS. The fraction of sp³-hybridized carbons (Fsp3) is 0.556. The molecule has 21 heavy (non-hydrogen) atoms. The van der Waals surface area contributed by atoms with Crippen LogP contribution in [0.3, 0.4) is 0 Å². The highest BCUT2D eigenvalue weighted by Crippen LogP contribution is 2.44. The lowest BCUT2D eigenvalue weighted by atomic mass is 9.82. The Hall–Kier alpha value is -0.930. The third-order valence-electron chi connectivity index (χ3n) is 5.28. The molecule has 112 valence electrons. The summed E-state index contributed by atoms with van der Waals surface area (Å²) in [6, 6.07) is 6.45. The van der Waals surface area contributed by atoms with E-state index in [1.165, 1.54) is 41.9 Å². The van der Waals surface area contributed by atoms with Crippen LogP contribution in [0.15, 0.2) is 23.8 Å². The molecule has 3 aliphatic rings. The zero-order valence-corrected chi connectivity index (χ0v) is 13.3. The predicted octanol–water partition coefficient (Wildman–Crippen LogP) is 4.04. The molecule has 1 aliphatic carbocycles. The van der Waals surface area contributed by atoms with Crippen molar-refractivity contribution in [2.24, 2.45) is 0 Å². The van der Waals surface area contributed by atoms with Crippen molar-refractivity contribution in [3.05, 3.63) is 34.9 Å². The standard InChI is InChI=1S/C18H23NOS/c19-15-2-4-16-13(11-15)1-3-17(16)14-5-8-20-18(12-14)6-9-21-10-7-18/h2,4,11H,1,3,5-10,12,19H2/b17-14-. The topological polar surface area (TPSA) is 35.2 Å². The SMILES string of the molecule is Nc1ccc2c(c1)CC/C2=C1\CCOC2(CCSCC2)C1. The summed E-state index contributed by atoms with van der Waals surface area (Å²) in [6.07, 6.45) is 7.08. The van der Waals surface area contributed by atoms with E-state index in [1.54, 1.807) is 11.1 Å². The third kappa shape index (κ3) is 2.51. The van der Waals surface area contributed by atoms with Crippen LogP contribution >= 0.6 is 11.8 Å². The van der Waals surface area contributed by atoms with E-state index in [2.05, 4.69) is 30.0 Å². The first-order valence-corrected chi connectivity index (χ1v) is 9.23. The number of fused-ring (bicyclic) bond motifs is 1. The lowest BCUT2D eigenvalue weighted by molar-refractivity contribution is -0.0662. The maximum absolute atomic E-state index is 6.24. The highest BCUT2D eigenvalue weighted by atomic mass is 32.2. The summed E-state index contributed by atoms with van der Waals surface area (Å²) in [5.74, 6) is 2.52. The number of anilines is 1. The number of benzene rings is 1. The molecule has 2 saturated heterocycles. The van der Waals surface area contributed by atoms with Gasteiger partial charge in [-0.15, -0.1) is 0 Å². The Morgan fingerprint density at radius 1 is 1.10 bits per heavy atom. The molecule has 0 saturated carbocycles. The molecule has 2 N–H and O–H groups in total. The van der Waals surface area contributed by atoms with Crippen LogP contribution in [-0.4, -0.2) is 23.7 Å². The maximum atomic E-state index is 6.24. The fourth-order valence-electron chi connectivity index (χ4n) is 4.12. The summed E-state index contributed by atoms with van der Waals surface area (Å²) in [7, 11) is 0. The Labute approximate surface area is 131 Å². The second-order valence-corrected chi connectivity index (χ2v) is 7.79. The number of aryl methyl sites for hydroxylation is 1. The fourth-order valence-corrected chi connectivity index (χ4v) is 5.35. The van der Waals surface area contributed by atoms with Gasteiger partial charge in [0.15, 0.2) is 0 Å². The Morgan fingerprint density at radius 2 is 1.95 bits per heavy atom. The lowest BCUT2D eigenvalue weighted by Crippen LogP contribution is -2.40. The molecule has 2 aliphatic heterocycles. The third-order valence-corrected chi connectivity index (χ3v) is 6.26. The van der Waals surface area contributed by atoms with Gasteiger partial charge in [-0.05, 0) is 78.9 Å². The van der Waals surface area contributed by atoms with Crippen molar-refractivity contribution in [2.75, 3.05) is 23.8 Å².